The van der Waals surface area contributed by atoms with Crippen molar-refractivity contribution in [3.8, 4) is 0 Å². The number of rotatable bonds is 1. The Kier molecular flexibility index (Phi) is 2.75. The minimum atomic E-state index is -0.223. The van der Waals surface area contributed by atoms with E-state index in [1.807, 2.05) is 48.5 Å². The van der Waals surface area contributed by atoms with Crippen molar-refractivity contribution in [3.05, 3.63) is 59.7 Å². The second-order valence-corrected chi connectivity index (χ2v) is 6.18. The SMILES string of the molecule is Nc1ccc(C2SC3=Nc4ccccc4CN3C2=O)cc1. The molecule has 21 heavy (non-hydrogen) atoms. The highest BCUT2D eigenvalue weighted by Gasteiger charge is 2.40. The van der Waals surface area contributed by atoms with Gasteiger partial charge in [0.15, 0.2) is 5.17 Å². The number of amides is 1. The number of aliphatic imine (C=N–C) groups is 1. The number of thioether (sulfide) groups is 1. The third-order valence-electron chi connectivity index (χ3n) is 3.72. The van der Waals surface area contributed by atoms with Gasteiger partial charge in [0.2, 0.25) is 5.91 Å². The van der Waals surface area contributed by atoms with Crippen LogP contribution in [0.3, 0.4) is 0 Å². The largest absolute Gasteiger partial charge is 0.399 e. The third kappa shape index (κ3) is 2.01. The first-order chi connectivity index (χ1) is 10.2. The molecule has 2 aliphatic heterocycles. The number of fused-ring (bicyclic) bond motifs is 2. The Morgan fingerprint density at radius 2 is 1.90 bits per heavy atom. The van der Waals surface area contributed by atoms with E-state index in [0.29, 0.717) is 12.2 Å². The van der Waals surface area contributed by atoms with Gasteiger partial charge in [-0.2, -0.15) is 0 Å². The van der Waals surface area contributed by atoms with E-state index in [0.717, 1.165) is 22.0 Å². The van der Waals surface area contributed by atoms with Crippen molar-refractivity contribution < 1.29 is 4.79 Å². The minimum Gasteiger partial charge on any atom is -0.399 e. The van der Waals surface area contributed by atoms with Crippen molar-refractivity contribution in [1.82, 2.24) is 4.90 Å². The van der Waals surface area contributed by atoms with Crippen molar-refractivity contribution in [2.24, 2.45) is 4.99 Å². The summed E-state index contributed by atoms with van der Waals surface area (Å²) in [6, 6.07) is 15.4. The molecule has 2 heterocycles. The van der Waals surface area contributed by atoms with Gasteiger partial charge < -0.3 is 5.73 Å². The molecule has 4 rings (SSSR count). The fourth-order valence-electron chi connectivity index (χ4n) is 2.60. The summed E-state index contributed by atoms with van der Waals surface area (Å²) in [6.45, 7) is 0.603. The number of nitrogens with two attached hydrogens (primary N) is 1. The number of para-hydroxylation sites is 1. The fraction of sp³-hybridized carbons (Fsp3) is 0.125. The van der Waals surface area contributed by atoms with E-state index in [1.54, 1.807) is 4.90 Å². The Morgan fingerprint density at radius 3 is 2.71 bits per heavy atom. The number of benzene rings is 2. The summed E-state index contributed by atoms with van der Waals surface area (Å²) < 4.78 is 0. The maximum Gasteiger partial charge on any atom is 0.246 e. The van der Waals surface area contributed by atoms with Crippen LogP contribution in [-0.4, -0.2) is 16.0 Å². The first-order valence-electron chi connectivity index (χ1n) is 6.72. The van der Waals surface area contributed by atoms with E-state index < -0.39 is 0 Å². The first-order valence-corrected chi connectivity index (χ1v) is 7.60. The highest BCUT2D eigenvalue weighted by molar-refractivity contribution is 8.15. The summed E-state index contributed by atoms with van der Waals surface area (Å²) in [5, 5.41) is 0.569. The minimum absolute atomic E-state index is 0.0954. The normalized spacial score (nSPS) is 20.0. The molecule has 0 aliphatic carbocycles. The predicted octanol–water partition coefficient (Wildman–Crippen LogP) is 3.09. The maximum absolute atomic E-state index is 12.6. The predicted molar refractivity (Wildman–Crippen MR) is 85.3 cm³/mol. The standard InChI is InChI=1S/C16H13N3OS/c17-12-7-5-10(6-8-12)14-15(20)19-9-11-3-1-2-4-13(11)18-16(19)21-14/h1-8,14H,9,17H2. The van der Waals surface area contributed by atoms with Crippen molar-refractivity contribution in [2.75, 3.05) is 5.73 Å². The molecule has 0 bridgehead atoms. The zero-order chi connectivity index (χ0) is 14.4. The second kappa shape index (κ2) is 4.63. The molecule has 2 aliphatic rings. The van der Waals surface area contributed by atoms with Gasteiger partial charge in [-0.15, -0.1) is 0 Å². The van der Waals surface area contributed by atoms with Crippen LogP contribution < -0.4 is 5.73 Å². The highest BCUT2D eigenvalue weighted by atomic mass is 32.2. The van der Waals surface area contributed by atoms with Crippen LogP contribution in [0.2, 0.25) is 0 Å². The summed E-state index contributed by atoms with van der Waals surface area (Å²) in [5.74, 6) is 0.0954. The lowest BCUT2D eigenvalue weighted by molar-refractivity contribution is -0.126. The van der Waals surface area contributed by atoms with E-state index in [-0.39, 0.29) is 11.2 Å². The van der Waals surface area contributed by atoms with Gasteiger partial charge in [0.1, 0.15) is 5.25 Å². The number of anilines is 1. The van der Waals surface area contributed by atoms with Gasteiger partial charge in [-0.25, -0.2) is 4.99 Å². The summed E-state index contributed by atoms with van der Waals surface area (Å²) in [6.07, 6.45) is 0. The van der Waals surface area contributed by atoms with E-state index >= 15 is 0 Å². The van der Waals surface area contributed by atoms with Crippen molar-refractivity contribution in [3.63, 3.8) is 0 Å². The lowest BCUT2D eigenvalue weighted by Crippen LogP contribution is -2.31. The van der Waals surface area contributed by atoms with Crippen LogP contribution in [0.15, 0.2) is 53.5 Å². The van der Waals surface area contributed by atoms with E-state index in [4.69, 9.17) is 5.73 Å². The van der Waals surface area contributed by atoms with Crippen LogP contribution in [0.25, 0.3) is 0 Å². The van der Waals surface area contributed by atoms with Crippen LogP contribution in [0.1, 0.15) is 16.4 Å². The summed E-state index contributed by atoms with van der Waals surface area (Å²) >= 11 is 1.51. The molecule has 2 aromatic carbocycles. The molecule has 0 radical (unpaired) electrons. The Balaban J connectivity index is 1.70. The smallest absolute Gasteiger partial charge is 0.246 e. The van der Waals surface area contributed by atoms with Gasteiger partial charge in [0, 0.05) is 5.69 Å². The van der Waals surface area contributed by atoms with Crippen LogP contribution in [0.5, 0.6) is 0 Å². The van der Waals surface area contributed by atoms with Crippen molar-refractivity contribution in [2.45, 2.75) is 11.8 Å². The van der Waals surface area contributed by atoms with E-state index in [1.165, 1.54) is 11.8 Å². The third-order valence-corrected chi connectivity index (χ3v) is 4.95. The van der Waals surface area contributed by atoms with Gasteiger partial charge in [0.25, 0.3) is 0 Å². The molecule has 1 amide bonds. The zero-order valence-corrected chi connectivity index (χ0v) is 12.0. The van der Waals surface area contributed by atoms with Gasteiger partial charge in [-0.05, 0) is 29.3 Å². The monoisotopic (exact) mass is 295 g/mol. The summed E-state index contributed by atoms with van der Waals surface area (Å²) in [7, 11) is 0. The lowest BCUT2D eigenvalue weighted by Gasteiger charge is -2.21. The lowest BCUT2D eigenvalue weighted by atomic mass is 10.1. The van der Waals surface area contributed by atoms with E-state index in [9.17, 15) is 4.79 Å². The Labute approximate surface area is 126 Å². The number of hydrogen-bond acceptors (Lipinski definition) is 4. The van der Waals surface area contributed by atoms with Crippen molar-refractivity contribution in [1.29, 1.82) is 0 Å². The van der Waals surface area contributed by atoms with Crippen molar-refractivity contribution >= 4 is 34.2 Å². The molecule has 1 fully saturated rings. The molecule has 0 spiro atoms. The van der Waals surface area contributed by atoms with Gasteiger partial charge >= 0.3 is 0 Å². The highest BCUT2D eigenvalue weighted by Crippen LogP contribution is 2.43. The molecule has 2 aromatic rings. The molecule has 0 aromatic heterocycles. The average Bonchev–Trinajstić information content (AvgIpc) is 2.82. The van der Waals surface area contributed by atoms with Crippen LogP contribution in [0.4, 0.5) is 11.4 Å². The molecule has 4 nitrogen and oxygen atoms in total. The number of nitrogens with zero attached hydrogens (tertiary/aromatic N) is 2. The Bertz CT molecular complexity index is 754. The molecular weight excluding hydrogens is 282 g/mol. The second-order valence-electron chi connectivity index (χ2n) is 5.11. The zero-order valence-electron chi connectivity index (χ0n) is 11.2. The Hall–Kier alpha value is -2.27. The molecule has 1 unspecified atom stereocenters. The van der Waals surface area contributed by atoms with Crippen LogP contribution in [0, 0.1) is 0 Å². The quantitative estimate of drug-likeness (QED) is 0.822. The van der Waals surface area contributed by atoms with E-state index in [2.05, 4.69) is 4.99 Å². The van der Waals surface area contributed by atoms with Crippen LogP contribution in [-0.2, 0) is 11.3 Å². The number of hydrogen-bond donors (Lipinski definition) is 1. The fourth-order valence-corrected chi connectivity index (χ4v) is 3.76. The van der Waals surface area contributed by atoms with Crippen LogP contribution >= 0.6 is 11.8 Å². The molecule has 1 atom stereocenters. The number of nitrogen functional groups attached to an aromatic ring is 1. The Morgan fingerprint density at radius 1 is 1.14 bits per heavy atom. The molecule has 2 N–H and O–H groups in total. The van der Waals surface area contributed by atoms with Gasteiger partial charge in [-0.1, -0.05) is 42.1 Å². The average molecular weight is 295 g/mol. The number of carbonyl (C=O) groups is 1. The number of amidine groups is 1. The molecule has 104 valence electrons. The molecule has 1 saturated heterocycles. The maximum atomic E-state index is 12.6. The van der Waals surface area contributed by atoms with Gasteiger partial charge in [0.05, 0.1) is 12.2 Å². The summed E-state index contributed by atoms with van der Waals surface area (Å²) in [5.41, 5.74) is 9.44. The topological polar surface area (TPSA) is 58.7 Å². The first kappa shape index (κ1) is 12.5. The van der Waals surface area contributed by atoms with Gasteiger partial charge in [-0.3, -0.25) is 9.69 Å². The number of carbonyl (C=O) groups excluding carboxylic acids is 1. The summed E-state index contributed by atoms with van der Waals surface area (Å²) in [4.78, 5) is 19.0. The molecule has 5 heteroatoms. The molecule has 0 saturated carbocycles. The molecular formula is C16H13N3OS.